The number of ether oxygens (including phenoxy) is 1. The maximum absolute atomic E-state index is 12.9. The van der Waals surface area contributed by atoms with Crippen molar-refractivity contribution in [3.8, 4) is 5.88 Å². The molecule has 1 amide bonds. The van der Waals surface area contributed by atoms with Gasteiger partial charge in [-0.3, -0.25) is 4.79 Å². The summed E-state index contributed by atoms with van der Waals surface area (Å²) in [6.45, 7) is 5.09. The average Bonchev–Trinajstić information content (AvgIpc) is 2.50. The lowest BCUT2D eigenvalue weighted by molar-refractivity contribution is 0.0348. The monoisotopic (exact) mass is 385 g/mol. The maximum atomic E-state index is 12.9. The van der Waals surface area contributed by atoms with Crippen molar-refractivity contribution in [1.29, 1.82) is 0 Å². The number of aromatic nitrogens is 1. The number of halogens is 1. The Balaban J connectivity index is 2.45. The quantitative estimate of drug-likeness (QED) is 0.852. The van der Waals surface area contributed by atoms with Crippen LogP contribution >= 0.6 is 15.9 Å². The van der Waals surface area contributed by atoms with Crippen molar-refractivity contribution in [2.45, 2.75) is 26.0 Å². The van der Waals surface area contributed by atoms with Crippen molar-refractivity contribution in [2.75, 3.05) is 33.8 Å². The summed E-state index contributed by atoms with van der Waals surface area (Å²) >= 11 is 3.36. The summed E-state index contributed by atoms with van der Waals surface area (Å²) < 4.78 is 6.79. The molecule has 1 aromatic heterocycles. The largest absolute Gasteiger partial charge is 0.472 e. The van der Waals surface area contributed by atoms with Crippen molar-refractivity contribution in [2.24, 2.45) is 5.92 Å². The molecular formula is C16H24BrN3O3. The minimum absolute atomic E-state index is 0.0750. The molecule has 23 heavy (non-hydrogen) atoms. The minimum Gasteiger partial charge on any atom is -0.472 e. The molecule has 0 aromatic carbocycles. The summed E-state index contributed by atoms with van der Waals surface area (Å²) in [5.74, 6) is 0.311. The third kappa shape index (κ3) is 4.22. The average molecular weight is 386 g/mol. The summed E-state index contributed by atoms with van der Waals surface area (Å²) in [6, 6.07) is 1.47. The van der Waals surface area contributed by atoms with Gasteiger partial charge in [0.2, 0.25) is 5.88 Å². The normalized spacial score (nSPS) is 23.1. The Morgan fingerprint density at radius 3 is 2.87 bits per heavy atom. The van der Waals surface area contributed by atoms with Crippen molar-refractivity contribution in [3.63, 3.8) is 0 Å². The van der Waals surface area contributed by atoms with Crippen LogP contribution in [0.2, 0.25) is 0 Å². The van der Waals surface area contributed by atoms with Crippen LogP contribution in [0, 0.1) is 5.92 Å². The van der Waals surface area contributed by atoms with Gasteiger partial charge in [0, 0.05) is 29.7 Å². The molecule has 7 heteroatoms. The number of aliphatic hydroxyl groups excluding tert-OH is 1. The predicted molar refractivity (Wildman–Crippen MR) is 91.7 cm³/mol. The van der Waals surface area contributed by atoms with Gasteiger partial charge in [-0.05, 0) is 43.0 Å². The minimum atomic E-state index is -0.255. The van der Waals surface area contributed by atoms with E-state index in [0.717, 1.165) is 11.0 Å². The second-order valence-corrected chi connectivity index (χ2v) is 7.31. The Morgan fingerprint density at radius 1 is 1.57 bits per heavy atom. The Hall–Kier alpha value is -1.18. The van der Waals surface area contributed by atoms with E-state index < -0.39 is 0 Å². The van der Waals surface area contributed by atoms with Crippen LogP contribution < -0.4 is 4.74 Å². The number of pyridine rings is 1. The lowest BCUT2D eigenvalue weighted by atomic mass is 10.0. The fourth-order valence-corrected chi connectivity index (χ4v) is 2.99. The van der Waals surface area contributed by atoms with Crippen LogP contribution in [-0.4, -0.2) is 71.7 Å². The van der Waals surface area contributed by atoms with Gasteiger partial charge in [0.25, 0.3) is 5.91 Å². The van der Waals surface area contributed by atoms with Crippen molar-refractivity contribution in [1.82, 2.24) is 14.8 Å². The smallest absolute Gasteiger partial charge is 0.259 e. The van der Waals surface area contributed by atoms with Gasteiger partial charge in [0.15, 0.2) is 0 Å². The van der Waals surface area contributed by atoms with Gasteiger partial charge in [0.1, 0.15) is 11.7 Å². The van der Waals surface area contributed by atoms with E-state index >= 15 is 0 Å². The molecule has 0 bridgehead atoms. The topological polar surface area (TPSA) is 65.9 Å². The fraction of sp³-hybridized carbons (Fsp3) is 0.625. The van der Waals surface area contributed by atoms with Gasteiger partial charge >= 0.3 is 0 Å². The molecule has 3 atom stereocenters. The molecule has 1 aromatic rings. The number of carbonyl (C=O) groups excluding carboxylic acids is 1. The summed E-state index contributed by atoms with van der Waals surface area (Å²) in [4.78, 5) is 20.9. The number of carbonyl (C=O) groups is 1. The van der Waals surface area contributed by atoms with Crippen LogP contribution in [0.4, 0.5) is 0 Å². The molecule has 0 aliphatic carbocycles. The summed E-state index contributed by atoms with van der Waals surface area (Å²) in [5.41, 5.74) is 0.426. The van der Waals surface area contributed by atoms with E-state index in [1.807, 2.05) is 21.0 Å². The van der Waals surface area contributed by atoms with Crippen LogP contribution in [0.1, 0.15) is 24.2 Å². The molecular weight excluding hydrogens is 362 g/mol. The molecule has 6 nitrogen and oxygen atoms in total. The lowest BCUT2D eigenvalue weighted by Gasteiger charge is -2.37. The molecule has 0 fully saturated rings. The number of aliphatic hydroxyl groups is 1. The van der Waals surface area contributed by atoms with E-state index in [2.05, 4.69) is 32.7 Å². The van der Waals surface area contributed by atoms with Gasteiger partial charge in [-0.15, -0.1) is 0 Å². The Kier molecular flexibility index (Phi) is 6.00. The summed E-state index contributed by atoms with van der Waals surface area (Å²) in [6.07, 6.45) is 1.55. The number of likely N-dealkylation sites (N-methyl/N-ethyl adjacent to an activating group) is 1. The van der Waals surface area contributed by atoms with Gasteiger partial charge in [-0.1, -0.05) is 6.92 Å². The van der Waals surface area contributed by atoms with Crippen LogP contribution in [0.5, 0.6) is 5.88 Å². The van der Waals surface area contributed by atoms with Crippen LogP contribution in [0.15, 0.2) is 16.7 Å². The van der Waals surface area contributed by atoms with E-state index in [9.17, 15) is 9.90 Å². The highest BCUT2D eigenvalue weighted by Gasteiger charge is 2.33. The molecule has 128 valence electrons. The number of amides is 1. The number of fused-ring (bicyclic) bond motifs is 1. The predicted octanol–water partition coefficient (Wildman–Crippen LogP) is 1.63. The third-order valence-electron chi connectivity index (χ3n) is 4.03. The van der Waals surface area contributed by atoms with Crippen LogP contribution in [-0.2, 0) is 0 Å². The number of nitrogens with zero attached hydrogens (tertiary/aromatic N) is 3. The van der Waals surface area contributed by atoms with Gasteiger partial charge in [0.05, 0.1) is 12.6 Å². The highest BCUT2D eigenvalue weighted by atomic mass is 79.9. The van der Waals surface area contributed by atoms with Crippen LogP contribution in [0.25, 0.3) is 0 Å². The highest BCUT2D eigenvalue weighted by Crippen LogP contribution is 2.28. The number of hydrogen-bond donors (Lipinski definition) is 1. The maximum Gasteiger partial charge on any atom is 0.259 e. The second kappa shape index (κ2) is 7.59. The molecule has 2 heterocycles. The van der Waals surface area contributed by atoms with Crippen molar-refractivity contribution in [3.05, 3.63) is 22.3 Å². The molecule has 1 aliphatic rings. The lowest BCUT2D eigenvalue weighted by Crippen LogP contribution is -2.49. The van der Waals surface area contributed by atoms with Gasteiger partial charge in [-0.2, -0.15) is 0 Å². The Labute approximate surface area is 145 Å². The zero-order valence-electron chi connectivity index (χ0n) is 14.0. The molecule has 0 radical (unpaired) electrons. The molecule has 1 N–H and O–H groups in total. The van der Waals surface area contributed by atoms with Gasteiger partial charge in [-0.25, -0.2) is 4.98 Å². The standard InChI is InChI=1S/C16H24BrN3O3/c1-10-7-20(11(2)9-21)16(22)13-5-12(17)6-18-15(13)23-14(10)8-19(3)4/h5-6,10-11,14,21H,7-9H2,1-4H3/t10-,11-,14+/m1/s1. The zero-order chi connectivity index (χ0) is 17.1. The summed E-state index contributed by atoms with van der Waals surface area (Å²) in [7, 11) is 3.98. The first-order valence-corrected chi connectivity index (χ1v) is 8.51. The highest BCUT2D eigenvalue weighted by molar-refractivity contribution is 9.10. The molecule has 0 saturated carbocycles. The Morgan fingerprint density at radius 2 is 2.26 bits per heavy atom. The third-order valence-corrected chi connectivity index (χ3v) is 4.47. The first kappa shape index (κ1) is 18.2. The zero-order valence-corrected chi connectivity index (χ0v) is 15.6. The number of rotatable bonds is 4. The molecule has 1 aliphatic heterocycles. The first-order valence-electron chi connectivity index (χ1n) is 7.72. The van der Waals surface area contributed by atoms with E-state index in [1.54, 1.807) is 17.2 Å². The molecule has 2 rings (SSSR count). The molecule has 0 unspecified atom stereocenters. The van der Waals surface area contributed by atoms with Crippen LogP contribution in [0.3, 0.4) is 0 Å². The van der Waals surface area contributed by atoms with Crippen molar-refractivity contribution < 1.29 is 14.6 Å². The summed E-state index contributed by atoms with van der Waals surface area (Å²) in [5, 5.41) is 9.51. The first-order chi connectivity index (χ1) is 10.8. The second-order valence-electron chi connectivity index (χ2n) is 6.39. The molecule has 0 spiro atoms. The molecule has 0 saturated heterocycles. The van der Waals surface area contributed by atoms with E-state index in [0.29, 0.717) is 18.0 Å². The van der Waals surface area contributed by atoms with E-state index in [-0.39, 0.29) is 30.6 Å². The van der Waals surface area contributed by atoms with Gasteiger partial charge < -0.3 is 19.6 Å². The van der Waals surface area contributed by atoms with E-state index in [4.69, 9.17) is 4.74 Å². The Bertz CT molecular complexity index is 568. The van der Waals surface area contributed by atoms with E-state index in [1.165, 1.54) is 0 Å². The van der Waals surface area contributed by atoms with Crippen molar-refractivity contribution >= 4 is 21.8 Å². The number of hydrogen-bond acceptors (Lipinski definition) is 5. The SMILES string of the molecule is C[C@@H]1CN([C@H](C)CO)C(=O)c2cc(Br)cnc2O[C@H]1CN(C)C. The fourth-order valence-electron chi connectivity index (χ4n) is 2.65.